The van der Waals surface area contributed by atoms with Crippen LogP contribution in [0.1, 0.15) is 39.6 Å². The van der Waals surface area contributed by atoms with Crippen LogP contribution in [0.4, 0.5) is 14.5 Å². The lowest BCUT2D eigenvalue weighted by molar-refractivity contribution is 0.0998. The van der Waals surface area contributed by atoms with Crippen LogP contribution >= 0.6 is 0 Å². The number of nitrogens with two attached hydrogens (primary N) is 1. The summed E-state index contributed by atoms with van der Waals surface area (Å²) < 4.78 is 53.9. The van der Waals surface area contributed by atoms with Gasteiger partial charge >= 0.3 is 0 Å². The highest BCUT2D eigenvalue weighted by Gasteiger charge is 2.26. The summed E-state index contributed by atoms with van der Waals surface area (Å²) in [6.07, 6.45) is 3.22. The first-order chi connectivity index (χ1) is 16.7. The Morgan fingerprint density at radius 3 is 2.49 bits per heavy atom. The van der Waals surface area contributed by atoms with Crippen LogP contribution in [0.2, 0.25) is 0 Å². The topological polar surface area (TPSA) is 132 Å². The third kappa shape index (κ3) is 4.55. The molecule has 1 amide bonds. The molecule has 0 saturated carbocycles. The second-order valence-electron chi connectivity index (χ2n) is 7.67. The van der Waals surface area contributed by atoms with Crippen molar-refractivity contribution in [2.75, 3.05) is 10.8 Å². The van der Waals surface area contributed by atoms with E-state index in [0.29, 0.717) is 34.1 Å². The average molecular weight is 498 g/mol. The Morgan fingerprint density at radius 2 is 1.86 bits per heavy atom. The number of carbonyl (C=O) groups excluding carboxylic acids is 2. The summed E-state index contributed by atoms with van der Waals surface area (Å²) in [5.41, 5.74) is 5.85. The van der Waals surface area contributed by atoms with Gasteiger partial charge in [-0.1, -0.05) is 19.1 Å². The van der Waals surface area contributed by atoms with Crippen molar-refractivity contribution >= 4 is 39.7 Å². The number of nitrogens with zero attached hydrogens (tertiary/aromatic N) is 2. The van der Waals surface area contributed by atoms with E-state index < -0.39 is 45.8 Å². The number of benzene rings is 2. The number of hydrogen-bond acceptors (Lipinski definition) is 5. The van der Waals surface area contributed by atoms with Crippen molar-refractivity contribution in [3.05, 3.63) is 83.2 Å². The number of aromatic nitrogens is 2. The number of rotatable bonds is 8. The highest BCUT2D eigenvalue weighted by atomic mass is 32.2. The smallest absolute Gasteiger partial charge is 0.248 e. The molecule has 35 heavy (non-hydrogen) atoms. The molecule has 3 N–H and O–H groups in total. The van der Waals surface area contributed by atoms with Crippen molar-refractivity contribution in [1.29, 1.82) is 0 Å². The van der Waals surface area contributed by atoms with E-state index in [-0.39, 0.29) is 12.1 Å². The zero-order valence-electron chi connectivity index (χ0n) is 18.4. The van der Waals surface area contributed by atoms with E-state index in [2.05, 4.69) is 9.97 Å². The molecule has 4 rings (SSSR count). The van der Waals surface area contributed by atoms with E-state index in [0.717, 1.165) is 16.4 Å². The Kier molecular flexibility index (Phi) is 6.72. The number of H-pyrrole nitrogens is 1. The number of hydrogen-bond donors (Lipinski definition) is 2. The number of anilines is 1. The first-order valence-electron chi connectivity index (χ1n) is 10.5. The van der Waals surface area contributed by atoms with Gasteiger partial charge in [0, 0.05) is 52.3 Å². The van der Waals surface area contributed by atoms with Gasteiger partial charge in [-0.15, -0.1) is 0 Å². The van der Waals surface area contributed by atoms with Gasteiger partial charge in [0.15, 0.2) is 5.82 Å². The van der Waals surface area contributed by atoms with Crippen molar-refractivity contribution in [2.24, 2.45) is 5.73 Å². The lowest BCUT2D eigenvalue weighted by atomic mass is 9.99. The van der Waals surface area contributed by atoms with Crippen LogP contribution < -0.4 is 10.0 Å². The molecule has 0 bridgehead atoms. The third-order valence-electron chi connectivity index (χ3n) is 5.45. The number of nitrogens with one attached hydrogen (secondary N) is 1. The summed E-state index contributed by atoms with van der Waals surface area (Å²) >= 11 is -2.82. The summed E-state index contributed by atoms with van der Waals surface area (Å²) in [6.45, 7) is 1.66. The lowest BCUT2D eigenvalue weighted by Crippen LogP contribution is -2.28. The Hall–Kier alpha value is -3.96. The zero-order chi connectivity index (χ0) is 25.3. The molecular weight excluding hydrogens is 478 g/mol. The summed E-state index contributed by atoms with van der Waals surface area (Å²) in [5.74, 6) is -3.93. The standard InChI is InChI=1S/C24H20F2N4O4S/c1-2-9-30(35(33)34)19-8-7-18(25)20(21(19)26)22(31)17-12-29-24-16(17)10-15(11-28-24)13-3-5-14(6-4-13)23(27)32/h3-8,10-12H,2,9H2,1H3,(H2,27,32)(H,28,29)(H,33,34)/p-1. The number of aromatic amines is 1. The van der Waals surface area contributed by atoms with Gasteiger partial charge in [0.25, 0.3) is 0 Å². The van der Waals surface area contributed by atoms with E-state index in [9.17, 15) is 22.7 Å². The molecule has 4 aromatic rings. The predicted molar refractivity (Wildman–Crippen MR) is 126 cm³/mol. The van der Waals surface area contributed by atoms with Gasteiger partial charge in [0.2, 0.25) is 11.7 Å². The number of pyridine rings is 1. The van der Waals surface area contributed by atoms with Crippen molar-refractivity contribution in [1.82, 2.24) is 9.97 Å². The van der Waals surface area contributed by atoms with Gasteiger partial charge in [0.1, 0.15) is 11.5 Å². The molecule has 2 heterocycles. The van der Waals surface area contributed by atoms with Gasteiger partial charge < -0.3 is 15.3 Å². The van der Waals surface area contributed by atoms with Crippen LogP contribution in [0.3, 0.4) is 0 Å². The largest absolute Gasteiger partial charge is 0.755 e. The first-order valence-corrected chi connectivity index (χ1v) is 11.5. The summed E-state index contributed by atoms with van der Waals surface area (Å²) in [6, 6.07) is 9.88. The SMILES string of the molecule is CCCN(c1ccc(F)c(C(=O)c2c[nH]c3ncc(-c4ccc(C(N)=O)cc4)cc23)c1F)S(=O)[O-]. The molecule has 1 unspecified atom stereocenters. The lowest BCUT2D eigenvalue weighted by Gasteiger charge is -2.26. The normalized spacial score (nSPS) is 12.0. The molecule has 0 fully saturated rings. The second-order valence-corrected chi connectivity index (χ2v) is 8.54. The zero-order valence-corrected chi connectivity index (χ0v) is 19.2. The van der Waals surface area contributed by atoms with Crippen molar-refractivity contribution < 1.29 is 27.1 Å². The van der Waals surface area contributed by atoms with Crippen LogP contribution in [0, 0.1) is 11.6 Å². The van der Waals surface area contributed by atoms with Crippen molar-refractivity contribution in [3.8, 4) is 11.1 Å². The first kappa shape index (κ1) is 24.2. The van der Waals surface area contributed by atoms with Crippen molar-refractivity contribution in [2.45, 2.75) is 13.3 Å². The quantitative estimate of drug-likeness (QED) is 0.282. The molecule has 0 aliphatic carbocycles. The van der Waals surface area contributed by atoms with Crippen molar-refractivity contribution in [3.63, 3.8) is 0 Å². The van der Waals surface area contributed by atoms with Crippen LogP contribution in [0.5, 0.6) is 0 Å². The van der Waals surface area contributed by atoms with Gasteiger partial charge in [-0.2, -0.15) is 0 Å². The number of carbonyl (C=O) groups is 2. The minimum Gasteiger partial charge on any atom is -0.755 e. The van der Waals surface area contributed by atoms with Crippen LogP contribution in [0.25, 0.3) is 22.2 Å². The Balaban J connectivity index is 1.79. The molecule has 1 atom stereocenters. The average Bonchev–Trinajstić information content (AvgIpc) is 3.26. The highest BCUT2D eigenvalue weighted by molar-refractivity contribution is 7.80. The van der Waals surface area contributed by atoms with E-state index in [1.165, 1.54) is 6.20 Å². The fraction of sp³-hybridized carbons (Fsp3) is 0.125. The number of primary amides is 1. The predicted octanol–water partition coefficient (Wildman–Crippen LogP) is 3.85. The second kappa shape index (κ2) is 9.72. The molecular formula is C24H19F2N4O4S-. The van der Waals surface area contributed by atoms with E-state index in [1.807, 2.05) is 0 Å². The highest BCUT2D eigenvalue weighted by Crippen LogP contribution is 2.31. The summed E-state index contributed by atoms with van der Waals surface area (Å²) in [5, 5.41) is 0.313. The number of halogens is 2. The maximum Gasteiger partial charge on any atom is 0.248 e. The summed E-state index contributed by atoms with van der Waals surface area (Å²) in [7, 11) is 0. The molecule has 11 heteroatoms. The van der Waals surface area contributed by atoms with E-state index in [1.54, 1.807) is 43.5 Å². The maximum atomic E-state index is 15.3. The molecule has 2 aromatic carbocycles. The Bertz CT molecular complexity index is 1470. The third-order valence-corrected chi connectivity index (χ3v) is 6.19. The fourth-order valence-corrected chi connectivity index (χ4v) is 4.36. The van der Waals surface area contributed by atoms with Crippen LogP contribution in [0.15, 0.2) is 54.9 Å². The minimum absolute atomic E-state index is 0.0386. The minimum atomic E-state index is -2.82. The van der Waals surface area contributed by atoms with Gasteiger partial charge in [-0.25, -0.2) is 13.8 Å². The van der Waals surface area contributed by atoms with Gasteiger partial charge in [-0.05, 0) is 42.3 Å². The number of ketones is 1. The Labute approximate surface area is 201 Å². The monoisotopic (exact) mass is 497 g/mol. The van der Waals surface area contributed by atoms with Gasteiger partial charge in [0.05, 0.1) is 11.3 Å². The molecule has 0 aliphatic rings. The van der Waals surface area contributed by atoms with Gasteiger partial charge in [-0.3, -0.25) is 18.1 Å². The molecule has 2 aromatic heterocycles. The van der Waals surface area contributed by atoms with Crippen LogP contribution in [-0.2, 0) is 11.3 Å². The molecule has 0 radical (unpaired) electrons. The molecule has 8 nitrogen and oxygen atoms in total. The molecule has 0 spiro atoms. The maximum absolute atomic E-state index is 15.3. The fourth-order valence-electron chi connectivity index (χ4n) is 3.73. The Morgan fingerprint density at radius 1 is 1.14 bits per heavy atom. The molecule has 0 saturated heterocycles. The molecule has 0 aliphatic heterocycles. The van der Waals surface area contributed by atoms with E-state index in [4.69, 9.17) is 5.73 Å². The number of fused-ring (bicyclic) bond motifs is 1. The van der Waals surface area contributed by atoms with Crippen LogP contribution in [-0.4, -0.2) is 37.0 Å². The summed E-state index contributed by atoms with van der Waals surface area (Å²) in [4.78, 5) is 31.7. The molecule has 180 valence electrons. The van der Waals surface area contributed by atoms with E-state index >= 15 is 4.39 Å². The number of amides is 1.